The van der Waals surface area contributed by atoms with Crippen LogP contribution in [0.5, 0.6) is 5.75 Å². The van der Waals surface area contributed by atoms with Crippen molar-refractivity contribution < 1.29 is 17.9 Å². The number of hydrogen-bond acceptors (Lipinski definition) is 8. The van der Waals surface area contributed by atoms with Crippen molar-refractivity contribution in [1.82, 2.24) is 24.5 Å². The second-order valence-electron chi connectivity index (χ2n) is 9.49. The monoisotopic (exact) mass is 508 g/mol. The summed E-state index contributed by atoms with van der Waals surface area (Å²) in [6.45, 7) is 7.58. The van der Waals surface area contributed by atoms with E-state index < -0.39 is 21.3 Å². The summed E-state index contributed by atoms with van der Waals surface area (Å²) in [5.74, 6) is -0.342. The van der Waals surface area contributed by atoms with E-state index >= 15 is 0 Å². The number of methoxy groups -OCH3 is 1. The molecule has 0 atom stereocenters. The molecule has 4 rings (SSSR count). The van der Waals surface area contributed by atoms with Crippen molar-refractivity contribution in [2.45, 2.75) is 38.1 Å². The first-order valence-electron chi connectivity index (χ1n) is 11.1. The van der Waals surface area contributed by atoms with Crippen LogP contribution < -0.4 is 15.2 Å². The summed E-state index contributed by atoms with van der Waals surface area (Å²) in [6.07, 6.45) is 0. The molecule has 0 aliphatic heterocycles. The van der Waals surface area contributed by atoms with Gasteiger partial charge in [0.25, 0.3) is 15.9 Å². The molecule has 0 aliphatic carbocycles. The number of carbonyl (C=O) groups excluding carboxylic acids is 1. The summed E-state index contributed by atoms with van der Waals surface area (Å²) >= 11 is 0. The molecule has 0 aliphatic rings. The second-order valence-corrected chi connectivity index (χ2v) is 11.1. The maximum Gasteiger partial charge on any atom is 0.285 e. The number of nitrogens with one attached hydrogen (secondary N) is 1. The fourth-order valence-corrected chi connectivity index (χ4v) is 4.81. The minimum atomic E-state index is -4.35. The first kappa shape index (κ1) is 25.1. The fourth-order valence-electron chi connectivity index (χ4n) is 3.73. The number of benzene rings is 1. The van der Waals surface area contributed by atoms with Gasteiger partial charge in [-0.15, -0.1) is 0 Å². The van der Waals surface area contributed by atoms with Crippen molar-refractivity contribution in [3.63, 3.8) is 0 Å². The highest BCUT2D eigenvalue weighted by molar-refractivity contribution is 7.90. The van der Waals surface area contributed by atoms with Crippen molar-refractivity contribution in [2.75, 3.05) is 12.8 Å². The van der Waals surface area contributed by atoms with Crippen LogP contribution in [0.3, 0.4) is 0 Å². The molecule has 0 fully saturated rings. The Labute approximate surface area is 209 Å². The Morgan fingerprint density at radius 3 is 2.42 bits per heavy atom. The summed E-state index contributed by atoms with van der Waals surface area (Å²) < 4.78 is 35.2. The molecule has 0 saturated heterocycles. The number of anilines is 1. The minimum absolute atomic E-state index is 0.0323. The number of aromatic nitrogens is 4. The van der Waals surface area contributed by atoms with E-state index in [9.17, 15) is 13.2 Å². The Balaban J connectivity index is 1.72. The molecular formula is C25H28N6O4S. The summed E-state index contributed by atoms with van der Waals surface area (Å²) in [5.41, 5.74) is 8.83. The van der Waals surface area contributed by atoms with E-state index in [1.807, 2.05) is 39.8 Å². The van der Waals surface area contributed by atoms with Crippen LogP contribution in [0.1, 0.15) is 42.5 Å². The molecule has 3 aromatic heterocycles. The molecule has 3 N–H and O–H groups in total. The van der Waals surface area contributed by atoms with Crippen LogP contribution in [0.4, 0.5) is 5.82 Å². The lowest BCUT2D eigenvalue weighted by atomic mass is 9.92. The van der Waals surface area contributed by atoms with Crippen LogP contribution in [0.15, 0.2) is 47.5 Å². The van der Waals surface area contributed by atoms with E-state index in [0.29, 0.717) is 22.7 Å². The number of rotatable bonds is 5. The Morgan fingerprint density at radius 1 is 1.08 bits per heavy atom. The lowest BCUT2D eigenvalue weighted by Crippen LogP contribution is -2.32. The van der Waals surface area contributed by atoms with E-state index in [4.69, 9.17) is 10.5 Å². The molecule has 1 amide bonds. The second kappa shape index (κ2) is 8.90. The van der Waals surface area contributed by atoms with Crippen molar-refractivity contribution >= 4 is 32.7 Å². The van der Waals surface area contributed by atoms with Gasteiger partial charge in [-0.25, -0.2) is 14.7 Å². The maximum absolute atomic E-state index is 13.2. The number of nitrogens with two attached hydrogens (primary N) is 1. The molecule has 0 unspecified atom stereocenters. The van der Waals surface area contributed by atoms with Gasteiger partial charge in [0.05, 0.1) is 18.3 Å². The van der Waals surface area contributed by atoms with Crippen LogP contribution in [-0.2, 0) is 22.5 Å². The number of aryl methyl sites for hydroxylation is 2. The molecule has 11 heteroatoms. The molecular weight excluding hydrogens is 480 g/mol. The summed E-state index contributed by atoms with van der Waals surface area (Å²) in [5, 5.41) is 4.82. The number of amides is 1. The lowest BCUT2D eigenvalue weighted by molar-refractivity contribution is 0.0977. The summed E-state index contributed by atoms with van der Waals surface area (Å²) in [4.78, 5) is 21.8. The third kappa shape index (κ3) is 4.61. The average molecular weight is 509 g/mol. The van der Waals surface area contributed by atoms with E-state index in [1.165, 1.54) is 19.2 Å². The van der Waals surface area contributed by atoms with Gasteiger partial charge in [-0.3, -0.25) is 9.48 Å². The van der Waals surface area contributed by atoms with Gasteiger partial charge in [0.1, 0.15) is 11.5 Å². The van der Waals surface area contributed by atoms with Crippen molar-refractivity contribution in [3.8, 4) is 17.0 Å². The van der Waals surface area contributed by atoms with Crippen LogP contribution in [0.2, 0.25) is 0 Å². The van der Waals surface area contributed by atoms with Crippen LogP contribution in [0.25, 0.3) is 22.2 Å². The van der Waals surface area contributed by atoms with Crippen molar-refractivity contribution in [3.05, 3.63) is 59.4 Å². The van der Waals surface area contributed by atoms with Gasteiger partial charge in [0.15, 0.2) is 5.75 Å². The number of fused-ring (bicyclic) bond motifs is 1. The molecule has 0 radical (unpaired) electrons. The Hall–Kier alpha value is -3.99. The van der Waals surface area contributed by atoms with E-state index in [2.05, 4.69) is 19.8 Å². The number of hydrogen-bond donors (Lipinski definition) is 2. The molecule has 10 nitrogen and oxygen atoms in total. The Bertz CT molecular complexity index is 1580. The van der Waals surface area contributed by atoms with Gasteiger partial charge in [-0.2, -0.15) is 13.5 Å². The normalized spacial score (nSPS) is 12.1. The molecule has 188 valence electrons. The highest BCUT2D eigenvalue weighted by atomic mass is 32.2. The maximum atomic E-state index is 13.2. The largest absolute Gasteiger partial charge is 0.494 e. The quantitative estimate of drug-likeness (QED) is 0.418. The highest BCUT2D eigenvalue weighted by Crippen LogP contribution is 2.31. The van der Waals surface area contributed by atoms with Gasteiger partial charge < -0.3 is 10.5 Å². The molecule has 36 heavy (non-hydrogen) atoms. The first-order valence-corrected chi connectivity index (χ1v) is 12.6. The number of pyridine rings is 2. The van der Waals surface area contributed by atoms with Gasteiger partial charge in [0.2, 0.25) is 5.03 Å². The molecule has 0 spiro atoms. The molecule has 4 aromatic rings. The SMILES string of the molecule is COc1ccc(C(C)(C)C)nc1S(=O)(=O)NC(=O)c1ccc2c(-c3cc(N)n(C)n3)ccc(C)c2n1. The number of sulfonamides is 1. The Morgan fingerprint density at radius 2 is 1.81 bits per heavy atom. The minimum Gasteiger partial charge on any atom is -0.494 e. The van der Waals surface area contributed by atoms with Crippen molar-refractivity contribution in [1.29, 1.82) is 0 Å². The van der Waals surface area contributed by atoms with Crippen LogP contribution >= 0.6 is 0 Å². The zero-order chi connectivity index (χ0) is 26.4. The van der Waals surface area contributed by atoms with E-state index in [1.54, 1.807) is 29.9 Å². The molecule has 3 heterocycles. The lowest BCUT2D eigenvalue weighted by Gasteiger charge is -2.19. The zero-order valence-electron chi connectivity index (χ0n) is 20.9. The smallest absolute Gasteiger partial charge is 0.285 e. The summed E-state index contributed by atoms with van der Waals surface area (Å²) in [6, 6.07) is 11.9. The van der Waals surface area contributed by atoms with E-state index in [0.717, 1.165) is 16.5 Å². The number of nitrogen functional groups attached to an aromatic ring is 1. The van der Waals surface area contributed by atoms with Gasteiger partial charge in [-0.05, 0) is 36.8 Å². The summed E-state index contributed by atoms with van der Waals surface area (Å²) in [7, 11) is -1.26. The first-order chi connectivity index (χ1) is 16.8. The van der Waals surface area contributed by atoms with Crippen molar-refractivity contribution in [2.24, 2.45) is 7.05 Å². The highest BCUT2D eigenvalue weighted by Gasteiger charge is 2.28. The molecule has 1 aromatic carbocycles. The van der Waals surface area contributed by atoms with Gasteiger partial charge in [0, 0.05) is 35.2 Å². The molecule has 0 saturated carbocycles. The Kier molecular flexibility index (Phi) is 6.21. The van der Waals surface area contributed by atoms with Crippen LogP contribution in [-0.4, -0.2) is 41.2 Å². The standard InChI is InChI=1S/C25H28N6O4S/c1-14-7-8-15(18-13-21(26)31(5)29-18)16-9-10-17(27-22(14)16)23(32)30-36(33,34)24-19(35-6)11-12-20(28-24)25(2,3)4/h7-13H,26H2,1-6H3,(H,30,32). The number of nitrogens with zero attached hydrogens (tertiary/aromatic N) is 4. The number of ether oxygens (including phenoxy) is 1. The predicted octanol–water partition coefficient (Wildman–Crippen LogP) is 3.35. The third-order valence-electron chi connectivity index (χ3n) is 5.78. The molecule has 0 bridgehead atoms. The average Bonchev–Trinajstić information content (AvgIpc) is 3.15. The van der Waals surface area contributed by atoms with Gasteiger partial charge in [-0.1, -0.05) is 32.9 Å². The fraction of sp³-hybridized carbons (Fsp3) is 0.280. The zero-order valence-corrected chi connectivity index (χ0v) is 21.8. The predicted molar refractivity (Wildman–Crippen MR) is 137 cm³/mol. The number of carbonyl (C=O) groups is 1. The van der Waals surface area contributed by atoms with E-state index in [-0.39, 0.29) is 16.5 Å². The van der Waals surface area contributed by atoms with Gasteiger partial charge >= 0.3 is 0 Å². The topological polar surface area (TPSA) is 142 Å². The third-order valence-corrected chi connectivity index (χ3v) is 7.03. The van der Waals surface area contributed by atoms with Crippen LogP contribution in [0, 0.1) is 6.92 Å².